The van der Waals surface area contributed by atoms with E-state index in [2.05, 4.69) is 0 Å². The molecule has 0 unspecified atom stereocenters. The van der Waals surface area contributed by atoms with Gasteiger partial charge in [0, 0.05) is 13.0 Å². The summed E-state index contributed by atoms with van der Waals surface area (Å²) in [4.78, 5) is 24.0. The predicted octanol–water partition coefficient (Wildman–Crippen LogP) is 1.35. The summed E-state index contributed by atoms with van der Waals surface area (Å²) in [5.41, 5.74) is -1.23. The van der Waals surface area contributed by atoms with Crippen LogP contribution < -0.4 is 0 Å². The lowest BCUT2D eigenvalue weighted by molar-refractivity contribution is -0.154. The molecule has 0 aromatic rings. The number of carboxylic acids is 1. The van der Waals surface area contributed by atoms with Gasteiger partial charge in [0.25, 0.3) is 6.43 Å². The Kier molecular flexibility index (Phi) is 7.51. The standard InChI is InChI=1S/C12H21F2NO4/c1-3-12(4-2,11(18)19)7-10(17)15(5-6-16)8-9(13)14/h9,16H,3-8H2,1-2H3,(H,18,19). The van der Waals surface area contributed by atoms with Crippen LogP contribution in [-0.4, -0.2) is 53.1 Å². The summed E-state index contributed by atoms with van der Waals surface area (Å²) in [6, 6.07) is 0. The average Bonchev–Trinajstić information content (AvgIpc) is 2.34. The fourth-order valence-electron chi connectivity index (χ4n) is 1.88. The molecule has 0 radical (unpaired) electrons. The first-order valence-electron chi connectivity index (χ1n) is 6.23. The van der Waals surface area contributed by atoms with Gasteiger partial charge in [-0.3, -0.25) is 9.59 Å². The van der Waals surface area contributed by atoms with Gasteiger partial charge in [0.2, 0.25) is 5.91 Å². The molecule has 0 rings (SSSR count). The molecule has 0 aliphatic heterocycles. The Labute approximate surface area is 111 Å². The third kappa shape index (κ3) is 5.10. The van der Waals surface area contributed by atoms with Gasteiger partial charge in [0.1, 0.15) is 0 Å². The molecule has 0 fully saturated rings. The number of aliphatic carboxylic acids is 1. The number of rotatable bonds is 9. The molecule has 19 heavy (non-hydrogen) atoms. The van der Waals surface area contributed by atoms with E-state index < -0.39 is 36.9 Å². The number of nitrogens with zero attached hydrogens (tertiary/aromatic N) is 1. The Morgan fingerprint density at radius 3 is 2.11 bits per heavy atom. The maximum Gasteiger partial charge on any atom is 0.310 e. The summed E-state index contributed by atoms with van der Waals surface area (Å²) in [6.07, 6.45) is -2.56. The Bertz CT molecular complexity index is 306. The Hall–Kier alpha value is -1.24. The molecule has 1 amide bonds. The van der Waals surface area contributed by atoms with Gasteiger partial charge >= 0.3 is 5.97 Å². The van der Waals surface area contributed by atoms with E-state index in [0.717, 1.165) is 4.90 Å². The van der Waals surface area contributed by atoms with Crippen LogP contribution in [0.5, 0.6) is 0 Å². The Morgan fingerprint density at radius 2 is 1.79 bits per heavy atom. The molecule has 0 heterocycles. The lowest BCUT2D eigenvalue weighted by Gasteiger charge is -2.29. The molecule has 0 aromatic heterocycles. The highest BCUT2D eigenvalue weighted by Crippen LogP contribution is 2.31. The largest absolute Gasteiger partial charge is 0.481 e. The van der Waals surface area contributed by atoms with Crippen LogP contribution in [0, 0.1) is 5.41 Å². The molecule has 7 heteroatoms. The fraction of sp³-hybridized carbons (Fsp3) is 0.833. The van der Waals surface area contributed by atoms with E-state index in [9.17, 15) is 23.5 Å². The van der Waals surface area contributed by atoms with Crippen LogP contribution in [0.1, 0.15) is 33.1 Å². The number of halogens is 2. The number of amides is 1. The number of alkyl halides is 2. The van der Waals surface area contributed by atoms with Gasteiger partial charge < -0.3 is 15.1 Å². The smallest absolute Gasteiger partial charge is 0.310 e. The lowest BCUT2D eigenvalue weighted by Crippen LogP contribution is -2.42. The number of hydrogen-bond acceptors (Lipinski definition) is 3. The van der Waals surface area contributed by atoms with Crippen molar-refractivity contribution in [3.8, 4) is 0 Å². The molecule has 112 valence electrons. The van der Waals surface area contributed by atoms with Crippen LogP contribution in [0.4, 0.5) is 8.78 Å². The van der Waals surface area contributed by atoms with E-state index >= 15 is 0 Å². The van der Waals surface area contributed by atoms with Gasteiger partial charge in [-0.25, -0.2) is 8.78 Å². The van der Waals surface area contributed by atoms with Crippen LogP contribution in [0.3, 0.4) is 0 Å². The molecule has 0 aromatic carbocycles. The van der Waals surface area contributed by atoms with Crippen molar-refractivity contribution in [2.24, 2.45) is 5.41 Å². The number of carboxylic acid groups (broad SMARTS) is 1. The summed E-state index contributed by atoms with van der Waals surface area (Å²) in [6.45, 7) is 1.86. The van der Waals surface area contributed by atoms with Gasteiger partial charge in [-0.15, -0.1) is 0 Å². The lowest BCUT2D eigenvalue weighted by atomic mass is 9.79. The summed E-state index contributed by atoms with van der Waals surface area (Å²) in [7, 11) is 0. The molecular formula is C12H21F2NO4. The number of aliphatic hydroxyl groups excluding tert-OH is 1. The number of carbonyl (C=O) groups excluding carboxylic acids is 1. The zero-order chi connectivity index (χ0) is 15.1. The topological polar surface area (TPSA) is 77.8 Å². The SMILES string of the molecule is CCC(CC)(CC(=O)N(CCO)CC(F)F)C(=O)O. The monoisotopic (exact) mass is 281 g/mol. The zero-order valence-electron chi connectivity index (χ0n) is 11.2. The van der Waals surface area contributed by atoms with Crippen molar-refractivity contribution in [3.63, 3.8) is 0 Å². The highest BCUT2D eigenvalue weighted by atomic mass is 19.3. The molecule has 2 N–H and O–H groups in total. The van der Waals surface area contributed by atoms with Crippen molar-refractivity contribution in [2.45, 2.75) is 39.5 Å². The Morgan fingerprint density at radius 1 is 1.26 bits per heavy atom. The minimum atomic E-state index is -2.71. The quantitative estimate of drug-likeness (QED) is 0.669. The van der Waals surface area contributed by atoms with E-state index in [0.29, 0.717) is 0 Å². The number of carbonyl (C=O) groups is 2. The van der Waals surface area contributed by atoms with Gasteiger partial charge in [-0.2, -0.15) is 0 Å². The van der Waals surface area contributed by atoms with E-state index in [4.69, 9.17) is 5.11 Å². The van der Waals surface area contributed by atoms with E-state index in [1.54, 1.807) is 13.8 Å². The molecule has 0 saturated carbocycles. The number of hydrogen-bond donors (Lipinski definition) is 2. The third-order valence-electron chi connectivity index (χ3n) is 3.38. The van der Waals surface area contributed by atoms with Crippen molar-refractivity contribution in [1.29, 1.82) is 0 Å². The van der Waals surface area contributed by atoms with Crippen molar-refractivity contribution in [1.82, 2.24) is 4.90 Å². The van der Waals surface area contributed by atoms with Crippen molar-refractivity contribution in [3.05, 3.63) is 0 Å². The van der Waals surface area contributed by atoms with Gasteiger partial charge in [-0.05, 0) is 12.8 Å². The summed E-state index contributed by atoms with van der Waals surface area (Å²) < 4.78 is 24.7. The average molecular weight is 281 g/mol. The van der Waals surface area contributed by atoms with Gasteiger partial charge in [0.05, 0.1) is 18.6 Å². The summed E-state index contributed by atoms with van der Waals surface area (Å²) >= 11 is 0. The van der Waals surface area contributed by atoms with Crippen molar-refractivity contribution < 1.29 is 28.6 Å². The second-order valence-corrected chi connectivity index (χ2v) is 4.42. The minimum absolute atomic E-state index is 0.216. The molecule has 0 bridgehead atoms. The second kappa shape index (κ2) is 8.04. The highest BCUT2D eigenvalue weighted by Gasteiger charge is 2.38. The molecule has 0 atom stereocenters. The Balaban J connectivity index is 4.89. The first-order chi connectivity index (χ1) is 8.82. The van der Waals surface area contributed by atoms with Crippen molar-refractivity contribution >= 4 is 11.9 Å². The van der Waals surface area contributed by atoms with Crippen LogP contribution in [-0.2, 0) is 9.59 Å². The summed E-state index contributed by atoms with van der Waals surface area (Å²) in [5, 5.41) is 18.0. The third-order valence-corrected chi connectivity index (χ3v) is 3.38. The van der Waals surface area contributed by atoms with E-state index in [-0.39, 0.29) is 25.8 Å². The zero-order valence-corrected chi connectivity index (χ0v) is 11.2. The van der Waals surface area contributed by atoms with Crippen LogP contribution in [0.2, 0.25) is 0 Å². The predicted molar refractivity (Wildman–Crippen MR) is 64.9 cm³/mol. The summed E-state index contributed by atoms with van der Waals surface area (Å²) in [5.74, 6) is -1.77. The molecule has 0 aliphatic carbocycles. The second-order valence-electron chi connectivity index (χ2n) is 4.42. The molecule has 0 aliphatic rings. The molecule has 0 spiro atoms. The number of aliphatic hydroxyl groups is 1. The van der Waals surface area contributed by atoms with E-state index in [1.165, 1.54) is 0 Å². The minimum Gasteiger partial charge on any atom is -0.481 e. The molecule has 5 nitrogen and oxygen atoms in total. The van der Waals surface area contributed by atoms with Crippen LogP contribution in [0.15, 0.2) is 0 Å². The van der Waals surface area contributed by atoms with Crippen LogP contribution >= 0.6 is 0 Å². The fourth-order valence-corrected chi connectivity index (χ4v) is 1.88. The molecular weight excluding hydrogens is 260 g/mol. The maximum absolute atomic E-state index is 12.3. The first-order valence-corrected chi connectivity index (χ1v) is 6.23. The highest BCUT2D eigenvalue weighted by molar-refractivity contribution is 5.85. The van der Waals surface area contributed by atoms with Gasteiger partial charge in [-0.1, -0.05) is 13.8 Å². The molecule has 0 saturated heterocycles. The van der Waals surface area contributed by atoms with Crippen molar-refractivity contribution in [2.75, 3.05) is 19.7 Å². The maximum atomic E-state index is 12.3. The van der Waals surface area contributed by atoms with E-state index in [1.807, 2.05) is 0 Å². The normalized spacial score (nSPS) is 11.7. The first kappa shape index (κ1) is 17.8. The van der Waals surface area contributed by atoms with Gasteiger partial charge in [0.15, 0.2) is 0 Å². The van der Waals surface area contributed by atoms with Crippen LogP contribution in [0.25, 0.3) is 0 Å².